The van der Waals surface area contributed by atoms with Gasteiger partial charge in [0.2, 0.25) is 0 Å². The summed E-state index contributed by atoms with van der Waals surface area (Å²) in [4.78, 5) is 0. The SMILES string of the molecule is CN.[Ag][I].[BiH3]. The van der Waals surface area contributed by atoms with Crippen molar-refractivity contribution in [2.24, 2.45) is 5.73 Å². The average Bonchev–Trinajstić information content (AvgIpc) is 1.50. The number of hydrogen-bond donors (Lipinski definition) is 1. The van der Waals surface area contributed by atoms with Gasteiger partial charge in [-0.2, -0.15) is 0 Å². The fourth-order valence-electron chi connectivity index (χ4n) is 0. The van der Waals surface area contributed by atoms with E-state index in [-0.39, 0.29) is 26.2 Å². The molecule has 0 heterocycles. The van der Waals surface area contributed by atoms with Gasteiger partial charge in [-0.05, 0) is 7.05 Å². The summed E-state index contributed by atoms with van der Waals surface area (Å²) in [5.74, 6) is 0. The Balaban J connectivity index is -0.0000000133. The zero-order chi connectivity index (χ0) is 4.00. The van der Waals surface area contributed by atoms with Crippen molar-refractivity contribution in [3.8, 4) is 0 Å². The molecule has 0 atom stereocenters. The summed E-state index contributed by atoms with van der Waals surface area (Å²) in [5, 5.41) is 0. The minimum absolute atomic E-state index is 0. The summed E-state index contributed by atoms with van der Waals surface area (Å²) in [6, 6.07) is 0. The quantitative estimate of drug-likeness (QED) is 0.362. The molecule has 0 saturated carbocycles. The maximum absolute atomic E-state index is 4.50. The van der Waals surface area contributed by atoms with Crippen LogP contribution in [0.1, 0.15) is 0 Å². The zero-order valence-electron chi connectivity index (χ0n) is 2.96. The Kier molecular flexibility index (Phi) is 104. The third kappa shape index (κ3) is 21.9. The van der Waals surface area contributed by atoms with Crippen molar-refractivity contribution in [3.63, 3.8) is 0 Å². The molecule has 0 saturated heterocycles. The second-order valence-corrected chi connectivity index (χ2v) is 0. The van der Waals surface area contributed by atoms with Gasteiger partial charge in [0.25, 0.3) is 0 Å². The van der Waals surface area contributed by atoms with Gasteiger partial charge in [0.1, 0.15) is 0 Å². The van der Waals surface area contributed by atoms with Gasteiger partial charge in [-0.3, -0.25) is 0 Å². The molecule has 0 radical (unpaired) electrons. The van der Waals surface area contributed by atoms with Gasteiger partial charge < -0.3 is 5.73 Å². The maximum atomic E-state index is 4.50. The van der Waals surface area contributed by atoms with Crippen LogP contribution in [0, 0.1) is 0 Å². The Morgan fingerprint density at radius 2 is 1.40 bits per heavy atom. The van der Waals surface area contributed by atoms with Crippen LogP contribution in [-0.2, 0) is 17.3 Å². The van der Waals surface area contributed by atoms with Crippen molar-refractivity contribution in [1.82, 2.24) is 0 Å². The molecule has 0 unspecified atom stereocenters. The van der Waals surface area contributed by atoms with Gasteiger partial charge in [0.15, 0.2) is 0 Å². The van der Waals surface area contributed by atoms with Crippen LogP contribution in [0.5, 0.6) is 0 Å². The van der Waals surface area contributed by atoms with E-state index in [9.17, 15) is 0 Å². The summed E-state index contributed by atoms with van der Waals surface area (Å²) in [6.45, 7) is 0. The standard InChI is InChI=1S/CH5N.Ag.Bi.HI.3H/c1-2;;;;;;/h2H2,1H3;;;1H;;;/q;+1;;;;;/p-1. The molecule has 0 bridgehead atoms. The van der Waals surface area contributed by atoms with E-state index < -0.39 is 0 Å². The summed E-state index contributed by atoms with van der Waals surface area (Å²) >= 11 is 4.88. The topological polar surface area (TPSA) is 26.0 Å². The second kappa shape index (κ2) is 33.3. The zero-order valence-corrected chi connectivity index (χ0v) is 12.1. The Bertz CT molecular complexity index is 11.6. The fraction of sp³-hybridized carbons (Fsp3) is 1.00. The summed E-state index contributed by atoms with van der Waals surface area (Å²) in [5.41, 5.74) is 4.50. The van der Waals surface area contributed by atoms with Gasteiger partial charge in [-0.15, -0.1) is 0 Å². The van der Waals surface area contributed by atoms with Crippen LogP contribution in [0.25, 0.3) is 0 Å². The van der Waals surface area contributed by atoms with Crippen LogP contribution in [-0.4, -0.2) is 33.3 Å². The Morgan fingerprint density at radius 1 is 1.40 bits per heavy atom. The molecular weight excluding hydrogens is 470 g/mol. The van der Waals surface area contributed by atoms with E-state index in [4.69, 9.17) is 0 Å². The van der Waals surface area contributed by atoms with Gasteiger partial charge in [-0.1, -0.05) is 0 Å². The third-order valence-corrected chi connectivity index (χ3v) is 0. The molecule has 0 aliphatic carbocycles. The van der Waals surface area contributed by atoms with E-state index in [2.05, 4.69) is 23.0 Å². The molecule has 0 fully saturated rings. The first kappa shape index (κ1) is 15.7. The predicted molar refractivity (Wildman–Crippen MR) is 34.1 cm³/mol. The Morgan fingerprint density at radius 3 is 1.40 bits per heavy atom. The normalized spacial score (nSPS) is 2.60. The first-order chi connectivity index (χ1) is 2.00. The van der Waals surface area contributed by atoms with Crippen molar-refractivity contribution in [2.45, 2.75) is 0 Å². The van der Waals surface area contributed by atoms with Gasteiger partial charge in [0, 0.05) is 0 Å². The van der Waals surface area contributed by atoms with Crippen LogP contribution in [0.15, 0.2) is 0 Å². The predicted octanol–water partition coefficient (Wildman–Crippen LogP) is -0.726. The van der Waals surface area contributed by atoms with Crippen LogP contribution in [0.4, 0.5) is 0 Å². The molecule has 0 aromatic rings. The molecule has 5 heavy (non-hydrogen) atoms. The van der Waals surface area contributed by atoms with E-state index in [1.807, 2.05) is 19.0 Å². The van der Waals surface area contributed by atoms with Crippen molar-refractivity contribution >= 4 is 45.2 Å². The van der Waals surface area contributed by atoms with Gasteiger partial charge in [0.05, 0.1) is 0 Å². The van der Waals surface area contributed by atoms with E-state index >= 15 is 0 Å². The first-order valence-corrected chi connectivity index (χ1v) is 5.10. The second-order valence-electron chi connectivity index (χ2n) is 0. The van der Waals surface area contributed by atoms with Gasteiger partial charge >= 0.3 is 62.5 Å². The molecular formula is CH8AgBiIN. The van der Waals surface area contributed by atoms with E-state index in [1.54, 1.807) is 0 Å². The van der Waals surface area contributed by atoms with Gasteiger partial charge in [-0.25, -0.2) is 0 Å². The summed E-state index contributed by atoms with van der Waals surface area (Å²) in [6.07, 6.45) is 0. The Labute approximate surface area is 74.0 Å². The first-order valence-electron chi connectivity index (χ1n) is 0.691. The third-order valence-electron chi connectivity index (χ3n) is 0. The molecule has 0 amide bonds. The monoisotopic (exact) mass is 477 g/mol. The van der Waals surface area contributed by atoms with E-state index in [1.165, 1.54) is 7.05 Å². The molecule has 40 valence electrons. The summed E-state index contributed by atoms with van der Waals surface area (Å²) in [7, 11) is 1.50. The van der Waals surface area contributed by atoms with Crippen molar-refractivity contribution in [3.05, 3.63) is 0 Å². The molecule has 0 aromatic carbocycles. The van der Waals surface area contributed by atoms with Crippen molar-refractivity contribution in [1.29, 1.82) is 0 Å². The van der Waals surface area contributed by atoms with E-state index in [0.717, 1.165) is 0 Å². The molecule has 2 N–H and O–H groups in total. The number of halogens is 1. The fourth-order valence-corrected chi connectivity index (χ4v) is 0. The van der Waals surface area contributed by atoms with Crippen LogP contribution in [0.3, 0.4) is 0 Å². The molecule has 0 rings (SSSR count). The molecule has 1 nitrogen and oxygen atoms in total. The summed E-state index contributed by atoms with van der Waals surface area (Å²) < 4.78 is 0. The minimum atomic E-state index is 0. The number of hydrogen-bond acceptors (Lipinski definition) is 1. The molecule has 4 heteroatoms. The molecule has 0 aliphatic rings. The van der Waals surface area contributed by atoms with E-state index in [0.29, 0.717) is 0 Å². The molecule has 0 aliphatic heterocycles. The molecule has 0 spiro atoms. The van der Waals surface area contributed by atoms with Crippen molar-refractivity contribution in [2.75, 3.05) is 7.05 Å². The van der Waals surface area contributed by atoms with Crippen LogP contribution < -0.4 is 5.73 Å². The molecule has 0 aromatic heterocycles. The number of rotatable bonds is 0. The number of nitrogens with two attached hydrogens (primary N) is 1. The van der Waals surface area contributed by atoms with Crippen molar-refractivity contribution < 1.29 is 17.3 Å². The van der Waals surface area contributed by atoms with Crippen LogP contribution >= 0.6 is 19.0 Å². The van der Waals surface area contributed by atoms with Crippen LogP contribution in [0.2, 0.25) is 0 Å². The Hall–Kier alpha value is 2.31. The average molecular weight is 478 g/mol.